The molecule has 0 spiro atoms. The van der Waals surface area contributed by atoms with Gasteiger partial charge in [-0.1, -0.05) is 24.3 Å². The van der Waals surface area contributed by atoms with Gasteiger partial charge >= 0.3 is 0 Å². The SMILES string of the molecule is Cc1ccccc1CNCC(c1ccco1)N1CCCC1. The highest BCUT2D eigenvalue weighted by atomic mass is 16.3. The molecule has 1 fully saturated rings. The Morgan fingerprint density at radius 1 is 1.14 bits per heavy atom. The van der Waals surface area contributed by atoms with E-state index in [1.807, 2.05) is 6.07 Å². The summed E-state index contributed by atoms with van der Waals surface area (Å²) in [5.74, 6) is 1.08. The van der Waals surface area contributed by atoms with Crippen molar-refractivity contribution in [1.29, 1.82) is 0 Å². The maximum absolute atomic E-state index is 5.65. The zero-order chi connectivity index (χ0) is 14.5. The van der Waals surface area contributed by atoms with Gasteiger partial charge in [0.05, 0.1) is 12.3 Å². The van der Waals surface area contributed by atoms with Crippen molar-refractivity contribution in [2.75, 3.05) is 19.6 Å². The molecule has 0 radical (unpaired) electrons. The molecule has 1 aliphatic rings. The van der Waals surface area contributed by atoms with Crippen molar-refractivity contribution in [2.45, 2.75) is 32.4 Å². The molecule has 0 amide bonds. The van der Waals surface area contributed by atoms with E-state index < -0.39 is 0 Å². The summed E-state index contributed by atoms with van der Waals surface area (Å²) in [5.41, 5.74) is 2.72. The lowest BCUT2D eigenvalue weighted by Crippen LogP contribution is -2.33. The molecule has 3 nitrogen and oxygen atoms in total. The first-order chi connectivity index (χ1) is 10.3. The van der Waals surface area contributed by atoms with Crippen LogP contribution in [0, 0.1) is 6.92 Å². The molecule has 3 heteroatoms. The predicted octanol–water partition coefficient (Wildman–Crippen LogP) is 3.51. The Morgan fingerprint density at radius 2 is 1.95 bits per heavy atom. The van der Waals surface area contributed by atoms with Gasteiger partial charge in [0.2, 0.25) is 0 Å². The first-order valence-electron chi connectivity index (χ1n) is 7.87. The van der Waals surface area contributed by atoms with Crippen molar-refractivity contribution in [3.8, 4) is 0 Å². The van der Waals surface area contributed by atoms with Crippen LogP contribution in [0.2, 0.25) is 0 Å². The van der Waals surface area contributed by atoms with E-state index in [1.165, 1.54) is 37.1 Å². The number of benzene rings is 1. The topological polar surface area (TPSA) is 28.4 Å². The number of hydrogen-bond donors (Lipinski definition) is 1. The number of furan rings is 1. The van der Waals surface area contributed by atoms with E-state index >= 15 is 0 Å². The molecule has 3 rings (SSSR count). The van der Waals surface area contributed by atoms with Gasteiger partial charge in [0.1, 0.15) is 5.76 Å². The monoisotopic (exact) mass is 284 g/mol. The third kappa shape index (κ3) is 3.55. The Kier molecular flexibility index (Phi) is 4.73. The Labute approximate surface area is 127 Å². The lowest BCUT2D eigenvalue weighted by atomic mass is 10.1. The lowest BCUT2D eigenvalue weighted by molar-refractivity contribution is 0.209. The van der Waals surface area contributed by atoms with Crippen molar-refractivity contribution in [1.82, 2.24) is 10.2 Å². The van der Waals surface area contributed by atoms with Crippen molar-refractivity contribution in [3.63, 3.8) is 0 Å². The summed E-state index contributed by atoms with van der Waals surface area (Å²) >= 11 is 0. The average Bonchev–Trinajstić information content (AvgIpc) is 3.19. The molecule has 21 heavy (non-hydrogen) atoms. The summed E-state index contributed by atoms with van der Waals surface area (Å²) in [6.07, 6.45) is 4.38. The Hall–Kier alpha value is -1.58. The molecule has 112 valence electrons. The molecular formula is C18H24N2O. The molecule has 0 saturated carbocycles. The second-order valence-corrected chi connectivity index (χ2v) is 5.83. The minimum absolute atomic E-state index is 0.353. The Bertz CT molecular complexity index is 544. The van der Waals surface area contributed by atoms with Crippen LogP contribution < -0.4 is 5.32 Å². The molecule has 1 saturated heterocycles. The highest BCUT2D eigenvalue weighted by Crippen LogP contribution is 2.25. The minimum atomic E-state index is 0.353. The summed E-state index contributed by atoms with van der Waals surface area (Å²) in [6, 6.07) is 13.0. The molecule has 1 aromatic heterocycles. The lowest BCUT2D eigenvalue weighted by Gasteiger charge is -2.26. The smallest absolute Gasteiger partial charge is 0.122 e. The minimum Gasteiger partial charge on any atom is -0.468 e. The maximum atomic E-state index is 5.65. The molecule has 1 atom stereocenters. The fourth-order valence-corrected chi connectivity index (χ4v) is 3.10. The molecule has 1 aromatic carbocycles. The highest BCUT2D eigenvalue weighted by molar-refractivity contribution is 5.25. The molecule has 1 N–H and O–H groups in total. The molecule has 0 bridgehead atoms. The number of rotatable bonds is 6. The molecule has 1 unspecified atom stereocenters. The third-order valence-corrected chi connectivity index (χ3v) is 4.37. The van der Waals surface area contributed by atoms with E-state index in [2.05, 4.69) is 47.5 Å². The summed E-state index contributed by atoms with van der Waals surface area (Å²) in [5, 5.41) is 3.61. The first-order valence-corrected chi connectivity index (χ1v) is 7.87. The fourth-order valence-electron chi connectivity index (χ4n) is 3.10. The van der Waals surface area contributed by atoms with Crippen molar-refractivity contribution < 1.29 is 4.42 Å². The summed E-state index contributed by atoms with van der Waals surface area (Å²) in [6.45, 7) is 6.37. The van der Waals surface area contributed by atoms with E-state index in [9.17, 15) is 0 Å². The average molecular weight is 284 g/mol. The maximum Gasteiger partial charge on any atom is 0.122 e. The first kappa shape index (κ1) is 14.4. The molecule has 2 aromatic rings. The van der Waals surface area contributed by atoms with Crippen LogP contribution in [0.4, 0.5) is 0 Å². The number of likely N-dealkylation sites (tertiary alicyclic amines) is 1. The van der Waals surface area contributed by atoms with Gasteiger partial charge in [0.25, 0.3) is 0 Å². The number of nitrogens with zero attached hydrogens (tertiary/aromatic N) is 1. The van der Waals surface area contributed by atoms with Crippen LogP contribution in [0.1, 0.15) is 35.8 Å². The number of nitrogens with one attached hydrogen (secondary N) is 1. The van der Waals surface area contributed by atoms with Gasteiger partial charge in [-0.2, -0.15) is 0 Å². The zero-order valence-electron chi connectivity index (χ0n) is 12.7. The normalized spacial score (nSPS) is 17.2. The quantitative estimate of drug-likeness (QED) is 0.880. The van der Waals surface area contributed by atoms with Crippen molar-refractivity contribution >= 4 is 0 Å². The van der Waals surface area contributed by atoms with Gasteiger partial charge in [-0.3, -0.25) is 4.90 Å². The Balaban J connectivity index is 1.61. The second kappa shape index (κ2) is 6.92. The van der Waals surface area contributed by atoms with Crippen LogP contribution in [0.15, 0.2) is 47.1 Å². The highest BCUT2D eigenvalue weighted by Gasteiger charge is 2.24. The number of hydrogen-bond acceptors (Lipinski definition) is 3. The Morgan fingerprint density at radius 3 is 2.67 bits per heavy atom. The van der Waals surface area contributed by atoms with E-state index in [4.69, 9.17) is 4.42 Å². The van der Waals surface area contributed by atoms with Gasteiger partial charge in [-0.25, -0.2) is 0 Å². The van der Waals surface area contributed by atoms with Crippen LogP contribution in [0.5, 0.6) is 0 Å². The van der Waals surface area contributed by atoms with E-state index in [1.54, 1.807) is 6.26 Å². The van der Waals surface area contributed by atoms with Crippen LogP contribution in [-0.4, -0.2) is 24.5 Å². The van der Waals surface area contributed by atoms with E-state index in [0.717, 1.165) is 18.8 Å². The largest absolute Gasteiger partial charge is 0.468 e. The van der Waals surface area contributed by atoms with Crippen molar-refractivity contribution in [3.05, 3.63) is 59.5 Å². The molecule has 0 aliphatic carbocycles. The van der Waals surface area contributed by atoms with Crippen LogP contribution >= 0.6 is 0 Å². The van der Waals surface area contributed by atoms with Crippen LogP contribution in [0.3, 0.4) is 0 Å². The van der Waals surface area contributed by atoms with Gasteiger partial charge < -0.3 is 9.73 Å². The fraction of sp³-hybridized carbons (Fsp3) is 0.444. The van der Waals surface area contributed by atoms with Gasteiger partial charge in [0.15, 0.2) is 0 Å². The summed E-state index contributed by atoms with van der Waals surface area (Å²) in [7, 11) is 0. The summed E-state index contributed by atoms with van der Waals surface area (Å²) < 4.78 is 5.65. The van der Waals surface area contributed by atoms with Crippen LogP contribution in [-0.2, 0) is 6.54 Å². The summed E-state index contributed by atoms with van der Waals surface area (Å²) in [4.78, 5) is 2.53. The van der Waals surface area contributed by atoms with Gasteiger partial charge in [-0.15, -0.1) is 0 Å². The molecule has 2 heterocycles. The van der Waals surface area contributed by atoms with E-state index in [-0.39, 0.29) is 0 Å². The second-order valence-electron chi connectivity index (χ2n) is 5.83. The van der Waals surface area contributed by atoms with Crippen LogP contribution in [0.25, 0.3) is 0 Å². The van der Waals surface area contributed by atoms with E-state index in [0.29, 0.717) is 6.04 Å². The molecule has 1 aliphatic heterocycles. The standard InChI is InChI=1S/C18H24N2O/c1-15-7-2-3-8-16(15)13-19-14-17(18-9-6-12-21-18)20-10-4-5-11-20/h2-3,6-9,12,17,19H,4-5,10-11,13-14H2,1H3. The van der Waals surface area contributed by atoms with Gasteiger partial charge in [0, 0.05) is 13.1 Å². The molecular weight excluding hydrogens is 260 g/mol. The number of aryl methyl sites for hydroxylation is 1. The van der Waals surface area contributed by atoms with Gasteiger partial charge in [-0.05, 0) is 56.1 Å². The van der Waals surface area contributed by atoms with Crippen molar-refractivity contribution in [2.24, 2.45) is 0 Å². The predicted molar refractivity (Wildman–Crippen MR) is 85.1 cm³/mol. The zero-order valence-corrected chi connectivity index (χ0v) is 12.7. The third-order valence-electron chi connectivity index (χ3n) is 4.37.